The number of carbonyl (C=O) groups is 1. The fourth-order valence-corrected chi connectivity index (χ4v) is 2.49. The van der Waals surface area contributed by atoms with Crippen LogP contribution >= 0.6 is 0 Å². The summed E-state index contributed by atoms with van der Waals surface area (Å²) in [6, 6.07) is 5.14. The number of nitrogens with one attached hydrogen (secondary N) is 1. The first kappa shape index (κ1) is 15.8. The van der Waals surface area contributed by atoms with Gasteiger partial charge >= 0.3 is 6.18 Å². The minimum atomic E-state index is -4.38. The fourth-order valence-electron chi connectivity index (χ4n) is 2.49. The van der Waals surface area contributed by atoms with Crippen LogP contribution in [0.3, 0.4) is 0 Å². The van der Waals surface area contributed by atoms with Gasteiger partial charge in [0.1, 0.15) is 0 Å². The number of hydrogen-bond acceptors (Lipinski definition) is 2. The monoisotopic (exact) mass is 300 g/mol. The van der Waals surface area contributed by atoms with Gasteiger partial charge in [-0.05, 0) is 31.5 Å². The maximum Gasteiger partial charge on any atom is 0.416 e. The van der Waals surface area contributed by atoms with E-state index in [1.54, 1.807) is 25.1 Å². The van der Waals surface area contributed by atoms with Crippen molar-refractivity contribution in [3.63, 3.8) is 0 Å². The van der Waals surface area contributed by atoms with Crippen LogP contribution in [0.25, 0.3) is 0 Å². The van der Waals surface area contributed by atoms with E-state index in [0.717, 1.165) is 12.1 Å². The molecule has 0 heterocycles. The molecule has 1 amide bonds. The smallest absolute Gasteiger partial charge is 0.344 e. The average Bonchev–Trinajstić information content (AvgIpc) is 3.25. The molecule has 1 saturated carbocycles. The van der Waals surface area contributed by atoms with Gasteiger partial charge in [-0.3, -0.25) is 4.79 Å². The Labute approximate surface area is 122 Å². The molecule has 1 aliphatic rings. The molecule has 1 fully saturated rings. The second-order valence-electron chi connectivity index (χ2n) is 5.49. The Hall–Kier alpha value is -1.56. The number of alkyl halides is 3. The van der Waals surface area contributed by atoms with Crippen LogP contribution in [0.4, 0.5) is 13.2 Å². The summed E-state index contributed by atoms with van der Waals surface area (Å²) < 4.78 is 38.4. The zero-order chi connectivity index (χ0) is 15.7. The lowest BCUT2D eigenvalue weighted by Gasteiger charge is -2.24. The molecule has 0 unspecified atom stereocenters. The third-order valence-corrected chi connectivity index (χ3v) is 3.95. The lowest BCUT2D eigenvalue weighted by Crippen LogP contribution is -2.39. The first-order chi connectivity index (χ1) is 9.81. The van der Waals surface area contributed by atoms with Crippen LogP contribution in [0.5, 0.6) is 0 Å². The van der Waals surface area contributed by atoms with Crippen molar-refractivity contribution in [1.82, 2.24) is 10.2 Å². The average molecular weight is 300 g/mol. The van der Waals surface area contributed by atoms with E-state index >= 15 is 0 Å². The minimum Gasteiger partial charge on any atom is -0.344 e. The van der Waals surface area contributed by atoms with Crippen LogP contribution < -0.4 is 5.32 Å². The van der Waals surface area contributed by atoms with E-state index in [0.29, 0.717) is 31.5 Å². The molecule has 0 spiro atoms. The van der Waals surface area contributed by atoms with Gasteiger partial charge in [0.2, 0.25) is 5.91 Å². The maximum atomic E-state index is 12.8. The first-order valence-electron chi connectivity index (χ1n) is 6.89. The van der Waals surface area contributed by atoms with E-state index in [1.807, 2.05) is 0 Å². The first-order valence-corrected chi connectivity index (χ1v) is 6.89. The van der Waals surface area contributed by atoms with Gasteiger partial charge in [-0.25, -0.2) is 0 Å². The van der Waals surface area contributed by atoms with Crippen LogP contribution in [0, 0.1) is 0 Å². The van der Waals surface area contributed by atoms with Crippen molar-refractivity contribution >= 4 is 5.91 Å². The van der Waals surface area contributed by atoms with Gasteiger partial charge in [0.25, 0.3) is 0 Å². The largest absolute Gasteiger partial charge is 0.416 e. The molecular formula is C15H19F3N2O. The molecule has 0 aliphatic heterocycles. The second-order valence-corrected chi connectivity index (χ2v) is 5.49. The molecule has 2 rings (SSSR count). The Bertz CT molecular complexity index is 524. The summed E-state index contributed by atoms with van der Waals surface area (Å²) in [6.45, 7) is 1.19. The normalized spacial score (nSPS) is 16.6. The van der Waals surface area contributed by atoms with Crippen LogP contribution in [0.1, 0.15) is 24.0 Å². The van der Waals surface area contributed by atoms with Gasteiger partial charge in [0.05, 0.1) is 11.0 Å². The molecule has 1 N–H and O–H groups in total. The summed E-state index contributed by atoms with van der Waals surface area (Å²) in [6.07, 6.45) is -3.17. The zero-order valence-electron chi connectivity index (χ0n) is 12.1. The van der Waals surface area contributed by atoms with Crippen molar-refractivity contribution in [2.75, 3.05) is 27.2 Å². The quantitative estimate of drug-likeness (QED) is 0.906. The third-order valence-electron chi connectivity index (χ3n) is 3.95. The number of nitrogens with zero attached hydrogens (tertiary/aromatic N) is 1. The molecule has 6 heteroatoms. The van der Waals surface area contributed by atoms with Crippen molar-refractivity contribution < 1.29 is 18.0 Å². The molecule has 1 aromatic carbocycles. The Morgan fingerprint density at radius 1 is 1.38 bits per heavy atom. The molecule has 0 radical (unpaired) electrons. The summed E-state index contributed by atoms with van der Waals surface area (Å²) in [7, 11) is 3.48. The molecular weight excluding hydrogens is 281 g/mol. The van der Waals surface area contributed by atoms with Crippen LogP contribution in [-0.2, 0) is 16.4 Å². The standard InChI is InChI=1S/C15H19F3N2O/c1-19-8-9-20(2)13(21)14(6-7-14)11-4-3-5-12(10-11)15(16,17)18/h3-5,10,19H,6-9H2,1-2H3. The Morgan fingerprint density at radius 2 is 2.05 bits per heavy atom. The van der Waals surface area contributed by atoms with E-state index in [2.05, 4.69) is 5.32 Å². The Morgan fingerprint density at radius 3 is 2.57 bits per heavy atom. The predicted octanol–water partition coefficient (Wildman–Crippen LogP) is 2.41. The molecule has 3 nitrogen and oxygen atoms in total. The van der Waals surface area contributed by atoms with Gasteiger partial charge in [0.15, 0.2) is 0 Å². The molecule has 0 bridgehead atoms. The highest BCUT2D eigenvalue weighted by Gasteiger charge is 2.52. The molecule has 116 valence electrons. The summed E-state index contributed by atoms with van der Waals surface area (Å²) in [4.78, 5) is 14.1. The number of halogens is 3. The van der Waals surface area contributed by atoms with Crippen LogP contribution in [0.2, 0.25) is 0 Å². The highest BCUT2D eigenvalue weighted by molar-refractivity contribution is 5.91. The highest BCUT2D eigenvalue weighted by atomic mass is 19.4. The second kappa shape index (κ2) is 5.67. The Balaban J connectivity index is 2.23. The number of hydrogen-bond donors (Lipinski definition) is 1. The van der Waals surface area contributed by atoms with E-state index in [1.165, 1.54) is 6.07 Å². The molecule has 0 atom stereocenters. The molecule has 1 aliphatic carbocycles. The predicted molar refractivity (Wildman–Crippen MR) is 73.9 cm³/mol. The molecule has 0 saturated heterocycles. The molecule has 21 heavy (non-hydrogen) atoms. The van der Waals surface area contributed by atoms with Crippen LogP contribution in [-0.4, -0.2) is 38.0 Å². The fraction of sp³-hybridized carbons (Fsp3) is 0.533. The van der Waals surface area contributed by atoms with Crippen molar-refractivity contribution in [1.29, 1.82) is 0 Å². The number of amides is 1. The number of carbonyl (C=O) groups excluding carboxylic acids is 1. The lowest BCUT2D eigenvalue weighted by molar-refractivity contribution is -0.138. The van der Waals surface area contributed by atoms with Gasteiger partial charge < -0.3 is 10.2 Å². The highest BCUT2D eigenvalue weighted by Crippen LogP contribution is 2.50. The van der Waals surface area contributed by atoms with E-state index in [-0.39, 0.29) is 5.91 Å². The van der Waals surface area contributed by atoms with Gasteiger partial charge in [-0.2, -0.15) is 13.2 Å². The minimum absolute atomic E-state index is 0.0999. The summed E-state index contributed by atoms with van der Waals surface area (Å²) in [5, 5.41) is 2.95. The van der Waals surface area contributed by atoms with Crippen molar-refractivity contribution in [3.05, 3.63) is 35.4 Å². The van der Waals surface area contributed by atoms with Crippen molar-refractivity contribution in [2.45, 2.75) is 24.4 Å². The SMILES string of the molecule is CNCCN(C)C(=O)C1(c2cccc(C(F)(F)F)c2)CC1. The number of rotatable bonds is 5. The number of likely N-dealkylation sites (N-methyl/N-ethyl adjacent to an activating group) is 2. The third kappa shape index (κ3) is 3.20. The van der Waals surface area contributed by atoms with Gasteiger partial charge in [0, 0.05) is 20.1 Å². The maximum absolute atomic E-state index is 12.8. The summed E-state index contributed by atoms with van der Waals surface area (Å²) in [5.74, 6) is -0.0999. The van der Waals surface area contributed by atoms with Gasteiger partial charge in [-0.15, -0.1) is 0 Å². The van der Waals surface area contributed by atoms with Crippen molar-refractivity contribution in [3.8, 4) is 0 Å². The Kier molecular flexibility index (Phi) is 4.27. The van der Waals surface area contributed by atoms with Crippen molar-refractivity contribution in [2.24, 2.45) is 0 Å². The summed E-state index contributed by atoms with van der Waals surface area (Å²) >= 11 is 0. The number of benzene rings is 1. The molecule has 1 aromatic rings. The summed E-state index contributed by atoms with van der Waals surface area (Å²) in [5.41, 5.74) is -0.986. The topological polar surface area (TPSA) is 32.3 Å². The van der Waals surface area contributed by atoms with E-state index < -0.39 is 17.2 Å². The molecule has 0 aromatic heterocycles. The van der Waals surface area contributed by atoms with Gasteiger partial charge in [-0.1, -0.05) is 18.2 Å². The lowest BCUT2D eigenvalue weighted by atomic mass is 9.92. The van der Waals surface area contributed by atoms with E-state index in [9.17, 15) is 18.0 Å². The van der Waals surface area contributed by atoms with Crippen LogP contribution in [0.15, 0.2) is 24.3 Å². The zero-order valence-corrected chi connectivity index (χ0v) is 12.1. The van der Waals surface area contributed by atoms with E-state index in [4.69, 9.17) is 0 Å².